The zero-order chi connectivity index (χ0) is 9.84. The molecule has 0 amide bonds. The Balaban J connectivity index is 2.66. The summed E-state index contributed by atoms with van der Waals surface area (Å²) in [5, 5.41) is 0.610. The van der Waals surface area contributed by atoms with Crippen molar-refractivity contribution in [2.75, 3.05) is 12.3 Å². The van der Waals surface area contributed by atoms with Crippen LogP contribution in [-0.2, 0) is 0 Å². The van der Waals surface area contributed by atoms with Gasteiger partial charge in [-0.3, -0.25) is 0 Å². The molecule has 1 aromatic rings. The van der Waals surface area contributed by atoms with E-state index in [1.165, 1.54) is 0 Å². The van der Waals surface area contributed by atoms with Crippen molar-refractivity contribution < 1.29 is 4.74 Å². The van der Waals surface area contributed by atoms with Gasteiger partial charge in [-0.25, -0.2) is 0 Å². The quantitative estimate of drug-likeness (QED) is 0.760. The summed E-state index contributed by atoms with van der Waals surface area (Å²) in [5.74, 6) is 1.24. The third-order valence-electron chi connectivity index (χ3n) is 1.48. The minimum atomic E-state index is 0.500. The lowest BCUT2D eigenvalue weighted by molar-refractivity contribution is 0.271. The fourth-order valence-electron chi connectivity index (χ4n) is 0.931. The molecule has 1 rings (SSSR count). The average molecular weight is 200 g/mol. The maximum atomic E-state index is 5.81. The van der Waals surface area contributed by atoms with E-state index < -0.39 is 0 Å². The smallest absolute Gasteiger partial charge is 0.122 e. The maximum absolute atomic E-state index is 5.81. The molecule has 0 heterocycles. The first-order valence-corrected chi connectivity index (χ1v) is 4.64. The van der Waals surface area contributed by atoms with Crippen LogP contribution in [0.25, 0.3) is 0 Å². The number of nitrogens with two attached hydrogens (primary N) is 1. The molecule has 2 nitrogen and oxygen atoms in total. The molecule has 0 saturated heterocycles. The molecular formula is C10H14ClNO. The van der Waals surface area contributed by atoms with E-state index >= 15 is 0 Å². The third-order valence-corrected chi connectivity index (χ3v) is 1.70. The second-order valence-electron chi connectivity index (χ2n) is 3.43. The van der Waals surface area contributed by atoms with Crippen LogP contribution >= 0.6 is 11.6 Å². The lowest BCUT2D eigenvalue weighted by Gasteiger charge is -2.09. The first kappa shape index (κ1) is 10.2. The zero-order valence-electron chi connectivity index (χ0n) is 7.88. The van der Waals surface area contributed by atoms with Gasteiger partial charge in [0.25, 0.3) is 0 Å². The van der Waals surface area contributed by atoms with E-state index in [-0.39, 0.29) is 0 Å². The second kappa shape index (κ2) is 4.38. The predicted octanol–water partition coefficient (Wildman–Crippen LogP) is 2.96. The minimum Gasteiger partial charge on any atom is -0.493 e. The number of hydrogen-bond acceptors (Lipinski definition) is 2. The fourth-order valence-corrected chi connectivity index (χ4v) is 1.16. The number of rotatable bonds is 3. The first-order chi connectivity index (χ1) is 6.08. The molecule has 0 aromatic heterocycles. The van der Waals surface area contributed by atoms with Crippen LogP contribution in [0.3, 0.4) is 0 Å². The molecule has 0 aliphatic carbocycles. The van der Waals surface area contributed by atoms with Crippen LogP contribution in [0, 0.1) is 5.92 Å². The Hall–Kier alpha value is -0.890. The topological polar surface area (TPSA) is 35.2 Å². The van der Waals surface area contributed by atoms with Crippen LogP contribution in [0.15, 0.2) is 18.2 Å². The molecular weight excluding hydrogens is 186 g/mol. The van der Waals surface area contributed by atoms with E-state index in [0.717, 1.165) is 5.75 Å². The van der Waals surface area contributed by atoms with Gasteiger partial charge in [0.1, 0.15) is 5.75 Å². The van der Waals surface area contributed by atoms with Crippen molar-refractivity contribution in [3.63, 3.8) is 0 Å². The van der Waals surface area contributed by atoms with Crippen LogP contribution in [0.4, 0.5) is 5.69 Å². The molecule has 3 heteroatoms. The van der Waals surface area contributed by atoms with Gasteiger partial charge < -0.3 is 10.5 Å². The van der Waals surface area contributed by atoms with Gasteiger partial charge in [0.2, 0.25) is 0 Å². The molecule has 0 saturated carbocycles. The summed E-state index contributed by atoms with van der Waals surface area (Å²) in [7, 11) is 0. The van der Waals surface area contributed by atoms with Crippen molar-refractivity contribution in [2.24, 2.45) is 5.92 Å². The number of halogens is 1. The highest BCUT2D eigenvalue weighted by molar-refractivity contribution is 6.31. The third kappa shape index (κ3) is 3.55. The van der Waals surface area contributed by atoms with Gasteiger partial charge in [0.15, 0.2) is 0 Å². The van der Waals surface area contributed by atoms with E-state index in [4.69, 9.17) is 22.1 Å². The van der Waals surface area contributed by atoms with Crippen molar-refractivity contribution in [3.05, 3.63) is 23.2 Å². The largest absolute Gasteiger partial charge is 0.493 e. The van der Waals surface area contributed by atoms with E-state index in [2.05, 4.69) is 13.8 Å². The number of hydrogen-bond donors (Lipinski definition) is 1. The number of ether oxygens (including phenoxy) is 1. The molecule has 0 atom stereocenters. The van der Waals surface area contributed by atoms with E-state index in [1.54, 1.807) is 18.2 Å². The molecule has 0 radical (unpaired) electrons. The SMILES string of the molecule is CC(C)COc1cc(N)cc(Cl)c1. The van der Waals surface area contributed by atoms with Gasteiger partial charge >= 0.3 is 0 Å². The van der Waals surface area contributed by atoms with Crippen molar-refractivity contribution in [1.29, 1.82) is 0 Å². The van der Waals surface area contributed by atoms with Crippen LogP contribution in [0.2, 0.25) is 5.02 Å². The Morgan fingerprint density at radius 3 is 2.62 bits per heavy atom. The molecule has 0 bridgehead atoms. The minimum absolute atomic E-state index is 0.500. The summed E-state index contributed by atoms with van der Waals surface area (Å²) in [6, 6.07) is 5.23. The predicted molar refractivity (Wildman–Crippen MR) is 56.2 cm³/mol. The Morgan fingerprint density at radius 1 is 1.38 bits per heavy atom. The monoisotopic (exact) mass is 199 g/mol. The molecule has 0 aliphatic rings. The summed E-state index contributed by atoms with van der Waals surface area (Å²) < 4.78 is 5.46. The van der Waals surface area contributed by atoms with Gasteiger partial charge in [-0.05, 0) is 18.1 Å². The van der Waals surface area contributed by atoms with Crippen molar-refractivity contribution in [3.8, 4) is 5.75 Å². The Morgan fingerprint density at radius 2 is 2.08 bits per heavy atom. The van der Waals surface area contributed by atoms with Crippen LogP contribution in [-0.4, -0.2) is 6.61 Å². The van der Waals surface area contributed by atoms with Gasteiger partial charge in [-0.1, -0.05) is 25.4 Å². The highest BCUT2D eigenvalue weighted by Gasteiger charge is 1.99. The van der Waals surface area contributed by atoms with E-state index in [0.29, 0.717) is 23.2 Å². The molecule has 0 unspecified atom stereocenters. The normalized spacial score (nSPS) is 10.5. The van der Waals surface area contributed by atoms with Crippen LogP contribution < -0.4 is 10.5 Å². The molecule has 2 N–H and O–H groups in total. The Bertz CT molecular complexity index is 266. The van der Waals surface area contributed by atoms with Gasteiger partial charge in [-0.2, -0.15) is 0 Å². The maximum Gasteiger partial charge on any atom is 0.122 e. The standard InChI is InChI=1S/C10H14ClNO/c1-7(2)6-13-10-4-8(11)3-9(12)5-10/h3-5,7H,6,12H2,1-2H3. The fraction of sp³-hybridized carbons (Fsp3) is 0.400. The van der Waals surface area contributed by atoms with Crippen molar-refractivity contribution >= 4 is 17.3 Å². The van der Waals surface area contributed by atoms with Gasteiger partial charge in [0, 0.05) is 16.8 Å². The second-order valence-corrected chi connectivity index (χ2v) is 3.86. The van der Waals surface area contributed by atoms with Crippen LogP contribution in [0.1, 0.15) is 13.8 Å². The zero-order valence-corrected chi connectivity index (χ0v) is 8.64. The van der Waals surface area contributed by atoms with Gasteiger partial charge in [0.05, 0.1) is 6.61 Å². The summed E-state index contributed by atoms with van der Waals surface area (Å²) >= 11 is 5.81. The molecule has 1 aromatic carbocycles. The first-order valence-electron chi connectivity index (χ1n) is 4.27. The average Bonchev–Trinajstić information content (AvgIpc) is 1.99. The number of anilines is 1. The highest BCUT2D eigenvalue weighted by atomic mass is 35.5. The molecule has 13 heavy (non-hydrogen) atoms. The van der Waals surface area contributed by atoms with E-state index in [9.17, 15) is 0 Å². The lowest BCUT2D eigenvalue weighted by Crippen LogP contribution is -2.04. The summed E-state index contributed by atoms with van der Waals surface area (Å²) in [5.41, 5.74) is 6.23. The lowest BCUT2D eigenvalue weighted by atomic mass is 10.2. The van der Waals surface area contributed by atoms with Gasteiger partial charge in [-0.15, -0.1) is 0 Å². The number of benzene rings is 1. The van der Waals surface area contributed by atoms with E-state index in [1.807, 2.05) is 0 Å². The highest BCUT2D eigenvalue weighted by Crippen LogP contribution is 2.22. The summed E-state index contributed by atoms with van der Waals surface area (Å²) in [6.07, 6.45) is 0. The summed E-state index contributed by atoms with van der Waals surface area (Å²) in [6.45, 7) is 4.86. The summed E-state index contributed by atoms with van der Waals surface area (Å²) in [4.78, 5) is 0. The van der Waals surface area contributed by atoms with Crippen LogP contribution in [0.5, 0.6) is 5.75 Å². The van der Waals surface area contributed by atoms with Crippen molar-refractivity contribution in [1.82, 2.24) is 0 Å². The molecule has 0 fully saturated rings. The molecule has 72 valence electrons. The Labute approximate surface area is 83.6 Å². The Kier molecular flexibility index (Phi) is 3.43. The van der Waals surface area contributed by atoms with Crippen molar-refractivity contribution in [2.45, 2.75) is 13.8 Å². The molecule has 0 spiro atoms. The molecule has 0 aliphatic heterocycles. The number of nitrogen functional groups attached to an aromatic ring is 1.